The van der Waals surface area contributed by atoms with Gasteiger partial charge in [0.2, 0.25) is 0 Å². The van der Waals surface area contributed by atoms with Gasteiger partial charge in [-0.05, 0) is 25.7 Å². The van der Waals surface area contributed by atoms with Crippen molar-refractivity contribution in [1.82, 2.24) is 0 Å². The minimum absolute atomic E-state index is 0. The Labute approximate surface area is 202 Å². The smallest absolute Gasteiger partial charge is 1.00 e. The molecule has 0 saturated heterocycles. The fourth-order valence-electron chi connectivity index (χ4n) is 1.83. The first-order valence-electron chi connectivity index (χ1n) is 7.99. The van der Waals surface area contributed by atoms with Crippen LogP contribution in [-0.4, -0.2) is 42.6 Å². The maximum Gasteiger partial charge on any atom is 1.00 e. The molecule has 12 heteroatoms. The van der Waals surface area contributed by atoms with E-state index in [1.807, 2.05) is 13.8 Å². The van der Waals surface area contributed by atoms with Gasteiger partial charge in [-0.1, -0.05) is 26.7 Å². The molecule has 0 aliphatic heterocycles. The molecule has 0 radical (unpaired) electrons. The van der Waals surface area contributed by atoms with Crippen LogP contribution in [0.25, 0.3) is 0 Å². The van der Waals surface area contributed by atoms with E-state index in [0.717, 1.165) is 19.3 Å². The number of hydrogen-bond donors (Lipinski definition) is 3. The monoisotopic (exact) mass is 416 g/mol. The molecule has 0 aromatic rings. The van der Waals surface area contributed by atoms with Crippen molar-refractivity contribution in [3.63, 3.8) is 0 Å². The fourth-order valence-corrected chi connectivity index (χ4v) is 2.48. The molecule has 3 unspecified atom stereocenters. The summed E-state index contributed by atoms with van der Waals surface area (Å²) in [5.74, 6) is -2.31. The van der Waals surface area contributed by atoms with Crippen LogP contribution < -0.4 is 70.6 Å². The zero-order valence-electron chi connectivity index (χ0n) is 18.1. The van der Waals surface area contributed by atoms with E-state index in [1.165, 1.54) is 0 Å². The summed E-state index contributed by atoms with van der Waals surface area (Å²) in [6, 6.07) is 0. The molecule has 0 aliphatic rings. The third-order valence-corrected chi connectivity index (χ3v) is 4.29. The second-order valence-electron chi connectivity index (χ2n) is 5.50. The van der Waals surface area contributed by atoms with Gasteiger partial charge in [-0.2, -0.15) is 8.42 Å². The number of carbonyl (C=O) groups is 2. The second-order valence-corrected chi connectivity index (χ2v) is 7.09. The van der Waals surface area contributed by atoms with Crippen LogP contribution in [0.15, 0.2) is 0 Å². The van der Waals surface area contributed by atoms with Gasteiger partial charge in [0, 0.05) is 0 Å². The van der Waals surface area contributed by atoms with Crippen LogP contribution in [-0.2, 0) is 29.2 Å². The molecule has 0 spiro atoms. The van der Waals surface area contributed by atoms with E-state index in [4.69, 9.17) is 25.5 Å². The zero-order valence-corrected chi connectivity index (χ0v) is 21.0. The van der Waals surface area contributed by atoms with Gasteiger partial charge in [0.25, 0.3) is 10.1 Å². The van der Waals surface area contributed by atoms with E-state index in [-0.39, 0.29) is 62.0 Å². The van der Waals surface area contributed by atoms with Crippen molar-refractivity contribution in [2.75, 3.05) is 0 Å². The van der Waals surface area contributed by atoms with E-state index in [2.05, 4.69) is 0 Å². The summed E-state index contributed by atoms with van der Waals surface area (Å²) in [6.07, 6.45) is 1.02. The molecule has 0 bridgehead atoms. The maximum absolute atomic E-state index is 11.9. The van der Waals surface area contributed by atoms with Gasteiger partial charge in [-0.3, -0.25) is 25.6 Å². The molecule has 0 aromatic heterocycles. The van der Waals surface area contributed by atoms with E-state index < -0.39 is 46.2 Å². The Kier molecular flexibility index (Phi) is 20.2. The molecule has 0 rings (SSSR count). The first kappa shape index (κ1) is 31.5. The second kappa shape index (κ2) is 16.7. The number of unbranched alkanes of at least 4 members (excludes halogenated alkanes) is 2. The zero-order chi connectivity index (χ0) is 18.8. The summed E-state index contributed by atoms with van der Waals surface area (Å²) in [5.41, 5.74) is 11.1. The van der Waals surface area contributed by atoms with Gasteiger partial charge in [0.15, 0.2) is 17.7 Å². The topological polar surface area (TPSA) is 159 Å². The number of hydrogen-bond acceptors (Lipinski definition) is 8. The van der Waals surface area contributed by atoms with Crippen LogP contribution in [0.1, 0.15) is 61.6 Å². The molecule has 3 atom stereocenters. The Bertz CT molecular complexity index is 516. The van der Waals surface area contributed by atoms with Crippen LogP contribution in [0.4, 0.5) is 0 Å². The van der Waals surface area contributed by atoms with Gasteiger partial charge in [-0.25, -0.2) is 0 Å². The summed E-state index contributed by atoms with van der Waals surface area (Å²) in [4.78, 5) is 23.6. The average Bonchev–Trinajstić information content (AvgIpc) is 2.47. The van der Waals surface area contributed by atoms with Crippen LogP contribution in [0.3, 0.4) is 0 Å². The van der Waals surface area contributed by atoms with Crippen LogP contribution >= 0.6 is 0 Å². The molecule has 9 nitrogen and oxygen atoms in total. The average molecular weight is 416 g/mol. The largest absolute Gasteiger partial charge is 1.00 e. The molecule has 5 N–H and O–H groups in total. The Morgan fingerprint density at radius 2 is 1.42 bits per heavy atom. The molecule has 0 aliphatic carbocycles. The van der Waals surface area contributed by atoms with Crippen molar-refractivity contribution in [3.05, 3.63) is 0 Å². The number of nitrogens with two attached hydrogens (primary N) is 2. The Morgan fingerprint density at radius 3 is 1.81 bits per heavy atom. The predicted molar refractivity (Wildman–Crippen MR) is 89.4 cm³/mol. The molecule has 0 heterocycles. The first-order valence-corrected chi connectivity index (χ1v) is 9.49. The summed E-state index contributed by atoms with van der Waals surface area (Å²) < 4.78 is 41.4. The third kappa shape index (κ3) is 14.8. The van der Waals surface area contributed by atoms with Crippen molar-refractivity contribution >= 4 is 22.1 Å². The number of esters is 2. The van der Waals surface area contributed by atoms with Crippen LogP contribution in [0, 0.1) is 0 Å². The standard InChI is InChI=1S/C14H28N2O7S.2Na.2H/c1-3-5-7-11(15)22-13(17)9-10(24(19,20)21)14(18)23-12(16)8-6-4-2;;;;/h10-12H,3-9,15-16H2,1-2H3,(H,19,20,21);;;;/q;2*+1;2*-1. The van der Waals surface area contributed by atoms with E-state index in [9.17, 15) is 18.0 Å². The van der Waals surface area contributed by atoms with Crippen molar-refractivity contribution in [3.8, 4) is 0 Å². The third-order valence-electron chi connectivity index (χ3n) is 3.21. The van der Waals surface area contributed by atoms with Crippen molar-refractivity contribution in [2.24, 2.45) is 11.5 Å². The van der Waals surface area contributed by atoms with Gasteiger partial charge in [-0.15, -0.1) is 0 Å². The molecule has 0 aromatic carbocycles. The Morgan fingerprint density at radius 1 is 1.00 bits per heavy atom. The number of ether oxygens (including phenoxy) is 2. The number of carbonyl (C=O) groups excluding carboxylic acids is 2. The summed E-state index contributed by atoms with van der Waals surface area (Å²) >= 11 is 0. The fraction of sp³-hybridized carbons (Fsp3) is 0.857. The van der Waals surface area contributed by atoms with E-state index >= 15 is 0 Å². The molecule has 146 valence electrons. The van der Waals surface area contributed by atoms with Crippen LogP contribution in [0.5, 0.6) is 0 Å². The molecule has 0 fully saturated rings. The van der Waals surface area contributed by atoms with Gasteiger partial charge >= 0.3 is 71.1 Å². The maximum atomic E-state index is 11.9. The summed E-state index contributed by atoms with van der Waals surface area (Å²) in [5, 5.41) is -2.09. The molecule has 0 saturated carbocycles. The van der Waals surface area contributed by atoms with Gasteiger partial charge in [0.05, 0.1) is 6.42 Å². The predicted octanol–water partition coefficient (Wildman–Crippen LogP) is -5.10. The quantitative estimate of drug-likeness (QED) is 0.122. The van der Waals surface area contributed by atoms with Crippen molar-refractivity contribution < 1.29 is 94.0 Å². The van der Waals surface area contributed by atoms with Gasteiger partial charge in [0.1, 0.15) is 0 Å². The molecule has 0 amide bonds. The van der Waals surface area contributed by atoms with Gasteiger partial charge < -0.3 is 12.3 Å². The van der Waals surface area contributed by atoms with E-state index in [1.54, 1.807) is 0 Å². The Hall–Kier alpha value is 0.770. The van der Waals surface area contributed by atoms with Crippen molar-refractivity contribution in [1.29, 1.82) is 0 Å². The SMILES string of the molecule is CCCCC(N)OC(=O)CC(C(=O)OC(N)CCCC)S(=O)(=O)O.[H-].[H-].[Na+].[Na+]. The molecule has 26 heavy (non-hydrogen) atoms. The minimum Gasteiger partial charge on any atom is -1.00 e. The summed E-state index contributed by atoms with van der Waals surface area (Å²) in [6.45, 7) is 3.84. The minimum atomic E-state index is -4.85. The summed E-state index contributed by atoms with van der Waals surface area (Å²) in [7, 11) is -4.85. The molecular weight excluding hydrogens is 386 g/mol. The van der Waals surface area contributed by atoms with Crippen molar-refractivity contribution in [2.45, 2.75) is 76.5 Å². The first-order chi connectivity index (χ1) is 11.1. The van der Waals surface area contributed by atoms with Crippen LogP contribution in [0.2, 0.25) is 0 Å². The normalized spacial score (nSPS) is 14.2. The van der Waals surface area contributed by atoms with E-state index in [0.29, 0.717) is 19.3 Å². The number of rotatable bonds is 12. The molecular formula is C14H30N2Na2O7S. The Balaban J connectivity index is -0.000000441.